The van der Waals surface area contributed by atoms with Gasteiger partial charge >= 0.3 is 0 Å². The van der Waals surface area contributed by atoms with Gasteiger partial charge in [0.15, 0.2) is 5.78 Å². The number of amides is 1. The van der Waals surface area contributed by atoms with Crippen LogP contribution < -0.4 is 10.6 Å². The van der Waals surface area contributed by atoms with Crippen LogP contribution in [0.5, 0.6) is 0 Å². The van der Waals surface area contributed by atoms with Crippen molar-refractivity contribution in [3.8, 4) is 6.07 Å². The van der Waals surface area contributed by atoms with Crippen LogP contribution in [0.2, 0.25) is 0 Å². The Morgan fingerprint density at radius 3 is 2.32 bits per heavy atom. The molecule has 6 nitrogen and oxygen atoms in total. The molecule has 2 aromatic rings. The van der Waals surface area contributed by atoms with Gasteiger partial charge in [0.1, 0.15) is 22.8 Å². The predicted molar refractivity (Wildman–Crippen MR) is 145 cm³/mol. The van der Waals surface area contributed by atoms with Gasteiger partial charge in [0.25, 0.3) is 0 Å². The fourth-order valence-corrected chi connectivity index (χ4v) is 7.68. The monoisotopic (exact) mass is 507 g/mol. The Bertz CT molecular complexity index is 1560. The minimum Gasteiger partial charge on any atom is -0.444 e. The zero-order valence-electron chi connectivity index (χ0n) is 22.9. The van der Waals surface area contributed by atoms with Gasteiger partial charge in [-0.15, -0.1) is 0 Å². The van der Waals surface area contributed by atoms with Crippen LogP contribution >= 0.6 is 0 Å². The Balaban J connectivity index is 1.76. The zero-order valence-corrected chi connectivity index (χ0v) is 22.9. The molecule has 1 spiro atoms. The van der Waals surface area contributed by atoms with E-state index in [1.807, 2.05) is 49.9 Å². The maximum atomic E-state index is 15.0. The molecular formula is C32H33N3O3. The minimum atomic E-state index is -1.62. The van der Waals surface area contributed by atoms with Crippen molar-refractivity contribution in [3.63, 3.8) is 0 Å². The molecule has 194 valence electrons. The number of nitrogens with two attached hydrogens (primary N) is 1. The average molecular weight is 508 g/mol. The summed E-state index contributed by atoms with van der Waals surface area (Å²) in [6.07, 6.45) is 1.40. The van der Waals surface area contributed by atoms with Gasteiger partial charge in [-0.3, -0.25) is 9.59 Å². The summed E-state index contributed by atoms with van der Waals surface area (Å²) in [6, 6.07) is 16.7. The molecule has 1 amide bonds. The van der Waals surface area contributed by atoms with E-state index < -0.39 is 16.4 Å². The molecule has 2 atom stereocenters. The Kier molecular flexibility index (Phi) is 4.75. The van der Waals surface area contributed by atoms with Crippen LogP contribution in [0, 0.1) is 23.7 Å². The number of carbonyl (C=O) groups excluding carboxylic acids is 2. The summed E-state index contributed by atoms with van der Waals surface area (Å²) in [6.45, 7) is 12.4. The molecule has 2 N–H and O–H groups in total. The number of aryl methyl sites for hydroxylation is 1. The molecular weight excluding hydrogens is 474 g/mol. The van der Waals surface area contributed by atoms with Crippen molar-refractivity contribution in [1.29, 1.82) is 5.26 Å². The van der Waals surface area contributed by atoms with Gasteiger partial charge in [-0.05, 0) is 43.7 Å². The Morgan fingerprint density at radius 2 is 1.66 bits per heavy atom. The lowest BCUT2D eigenvalue weighted by Crippen LogP contribution is -2.58. The van der Waals surface area contributed by atoms with E-state index in [4.69, 9.17) is 10.5 Å². The van der Waals surface area contributed by atoms with Crippen molar-refractivity contribution >= 4 is 17.4 Å². The molecule has 6 rings (SSSR count). The van der Waals surface area contributed by atoms with Gasteiger partial charge in [0.05, 0.1) is 11.3 Å². The van der Waals surface area contributed by atoms with Crippen LogP contribution in [0.25, 0.3) is 0 Å². The number of ketones is 1. The van der Waals surface area contributed by atoms with E-state index >= 15 is 0 Å². The lowest BCUT2D eigenvalue weighted by molar-refractivity contribution is -0.126. The van der Waals surface area contributed by atoms with Crippen LogP contribution in [0.4, 0.5) is 5.69 Å². The second-order valence-corrected chi connectivity index (χ2v) is 13.0. The first-order valence-corrected chi connectivity index (χ1v) is 13.2. The van der Waals surface area contributed by atoms with Crippen molar-refractivity contribution in [3.05, 3.63) is 87.5 Å². The van der Waals surface area contributed by atoms with Gasteiger partial charge in [0.2, 0.25) is 11.8 Å². The van der Waals surface area contributed by atoms with Crippen molar-refractivity contribution in [2.45, 2.75) is 77.2 Å². The van der Waals surface area contributed by atoms with Crippen molar-refractivity contribution < 1.29 is 14.3 Å². The smallest absolute Gasteiger partial charge is 0.248 e. The summed E-state index contributed by atoms with van der Waals surface area (Å²) in [5, 5.41) is 10.5. The fourth-order valence-electron chi connectivity index (χ4n) is 7.68. The summed E-state index contributed by atoms with van der Waals surface area (Å²) >= 11 is 0. The fraction of sp³-hybridized carbons (Fsp3) is 0.406. The number of ether oxygens (including phenoxy) is 1. The lowest BCUT2D eigenvalue weighted by Gasteiger charge is -2.50. The van der Waals surface area contributed by atoms with E-state index in [2.05, 4.69) is 45.0 Å². The molecule has 3 heterocycles. The number of hydrogen-bond acceptors (Lipinski definition) is 5. The quantitative estimate of drug-likeness (QED) is 0.555. The molecule has 0 bridgehead atoms. The van der Waals surface area contributed by atoms with Crippen LogP contribution in [0.15, 0.2) is 65.3 Å². The molecule has 0 radical (unpaired) electrons. The van der Waals surface area contributed by atoms with Gasteiger partial charge < -0.3 is 15.4 Å². The number of carbonyl (C=O) groups is 2. The van der Waals surface area contributed by atoms with Gasteiger partial charge in [-0.1, -0.05) is 68.8 Å². The first-order valence-electron chi connectivity index (χ1n) is 13.2. The molecule has 0 saturated carbocycles. The summed E-state index contributed by atoms with van der Waals surface area (Å²) in [7, 11) is 0. The lowest BCUT2D eigenvalue weighted by atomic mass is 9.61. The molecule has 0 fully saturated rings. The number of nitrogens with zero attached hydrogens (tertiary/aromatic N) is 2. The van der Waals surface area contributed by atoms with E-state index in [9.17, 15) is 14.9 Å². The largest absolute Gasteiger partial charge is 0.444 e. The van der Waals surface area contributed by atoms with E-state index in [-0.39, 0.29) is 40.6 Å². The normalized spacial score (nSPS) is 28.7. The number of rotatable bonds is 1. The molecule has 0 unspecified atom stereocenters. The highest BCUT2D eigenvalue weighted by molar-refractivity contribution is 6.21. The third kappa shape index (κ3) is 2.88. The number of hydrogen-bond donors (Lipinski definition) is 1. The first kappa shape index (κ1) is 24.5. The molecule has 3 aliphatic heterocycles. The number of fused-ring (bicyclic) bond motifs is 2. The Labute approximate surface area is 223 Å². The molecule has 2 aromatic carbocycles. The van der Waals surface area contributed by atoms with Crippen molar-refractivity contribution in [2.75, 3.05) is 4.90 Å². The molecule has 4 aliphatic rings. The summed E-state index contributed by atoms with van der Waals surface area (Å²) < 4.78 is 5.98. The van der Waals surface area contributed by atoms with Gasteiger partial charge in [-0.25, -0.2) is 0 Å². The van der Waals surface area contributed by atoms with E-state index in [1.165, 1.54) is 0 Å². The summed E-state index contributed by atoms with van der Waals surface area (Å²) in [4.78, 5) is 30.7. The van der Waals surface area contributed by atoms with Gasteiger partial charge in [0, 0.05) is 29.4 Å². The number of Topliss-reactive ketones (excluding diaryl/α,β-unsaturated/α-hetero) is 1. The van der Waals surface area contributed by atoms with Gasteiger partial charge in [-0.2, -0.15) is 5.26 Å². The van der Waals surface area contributed by atoms with E-state index in [1.54, 1.807) is 0 Å². The molecule has 6 heteroatoms. The standard InChI is InChI=1S/C32H33N3O3/c1-18-12-20-26-21(13-18)32(22(16-33)27(34)38-24-15-29(2,3)14-23(36)25(24)32)28(37)35(26)30(4,5)17-31(20,6)19-10-8-7-9-11-19/h7-13H,14-15,17,34H2,1-6H3/t31-,32+/m0/s1. The SMILES string of the molecule is Cc1cc2c3c(c1)[C@](C)(c1ccccc1)CC(C)(C)N3C(=O)[C@@]21C(C#N)=C(N)OC2=C1C(=O)CC(C)(C)C2. The van der Waals surface area contributed by atoms with Crippen molar-refractivity contribution in [2.24, 2.45) is 11.1 Å². The minimum absolute atomic E-state index is 0.00807. The van der Waals surface area contributed by atoms with Crippen LogP contribution in [-0.2, 0) is 25.2 Å². The molecule has 0 saturated heterocycles. The second-order valence-electron chi connectivity index (χ2n) is 13.0. The number of allylic oxidation sites excluding steroid dienone is 1. The highest BCUT2D eigenvalue weighted by Gasteiger charge is 2.67. The van der Waals surface area contributed by atoms with Crippen molar-refractivity contribution in [1.82, 2.24) is 0 Å². The first-order chi connectivity index (χ1) is 17.8. The second kappa shape index (κ2) is 7.38. The highest BCUT2D eigenvalue weighted by atomic mass is 16.5. The summed E-state index contributed by atoms with van der Waals surface area (Å²) in [5.74, 6) is -0.134. The third-order valence-corrected chi connectivity index (χ3v) is 8.98. The topological polar surface area (TPSA) is 96.4 Å². The number of benzene rings is 2. The molecule has 1 aliphatic carbocycles. The number of nitriles is 1. The Morgan fingerprint density at radius 1 is 1.00 bits per heavy atom. The van der Waals surface area contributed by atoms with Crippen LogP contribution in [0.3, 0.4) is 0 Å². The summed E-state index contributed by atoms with van der Waals surface area (Å²) in [5.41, 5.74) is 8.34. The third-order valence-electron chi connectivity index (χ3n) is 8.98. The van der Waals surface area contributed by atoms with Crippen LogP contribution in [0.1, 0.15) is 76.1 Å². The van der Waals surface area contributed by atoms with E-state index in [0.717, 1.165) is 22.4 Å². The van der Waals surface area contributed by atoms with Crippen LogP contribution in [-0.4, -0.2) is 17.2 Å². The zero-order chi connectivity index (χ0) is 27.4. The molecule has 0 aromatic heterocycles. The van der Waals surface area contributed by atoms with E-state index in [0.29, 0.717) is 24.2 Å². The maximum Gasteiger partial charge on any atom is 0.248 e. The highest BCUT2D eigenvalue weighted by Crippen LogP contribution is 2.63. The molecule has 38 heavy (non-hydrogen) atoms. The average Bonchev–Trinajstić information content (AvgIpc) is 3.06. The maximum absolute atomic E-state index is 15.0. The predicted octanol–water partition coefficient (Wildman–Crippen LogP) is 5.44. The number of anilines is 1. The Hall–Kier alpha value is -3.85.